The van der Waals surface area contributed by atoms with Gasteiger partial charge in [0, 0.05) is 12.3 Å². The van der Waals surface area contributed by atoms with Crippen LogP contribution in [0.4, 0.5) is 4.79 Å². The van der Waals surface area contributed by atoms with Crippen molar-refractivity contribution >= 4 is 12.0 Å². The van der Waals surface area contributed by atoms with Gasteiger partial charge in [0.2, 0.25) is 12.5 Å². The second-order valence-electron chi connectivity index (χ2n) is 6.30. The number of hydrogen-bond acceptors (Lipinski definition) is 3. The molecule has 0 spiro atoms. The summed E-state index contributed by atoms with van der Waals surface area (Å²) in [6.45, 7) is 13.4. The number of amides is 2. The van der Waals surface area contributed by atoms with Gasteiger partial charge >= 0.3 is 6.09 Å². The van der Waals surface area contributed by atoms with Crippen LogP contribution in [0.25, 0.3) is 4.85 Å². The summed E-state index contributed by atoms with van der Waals surface area (Å²) in [6.07, 6.45) is 1.71. The van der Waals surface area contributed by atoms with Crippen molar-refractivity contribution < 1.29 is 14.3 Å². The molecule has 1 aliphatic rings. The number of allylic oxidation sites excluding steroid dienone is 1. The molecule has 2 amide bonds. The predicted molar refractivity (Wildman–Crippen MR) is 95.8 cm³/mol. The Morgan fingerprint density at radius 2 is 2.16 bits per heavy atom. The molecule has 0 unspecified atom stereocenters. The van der Waals surface area contributed by atoms with Crippen LogP contribution in [-0.4, -0.2) is 36.1 Å². The third-order valence-electron chi connectivity index (χ3n) is 4.49. The maximum absolute atomic E-state index is 13.0. The monoisotopic (exact) mass is 340 g/mol. The highest BCUT2D eigenvalue weighted by Crippen LogP contribution is 2.25. The van der Waals surface area contributed by atoms with E-state index >= 15 is 0 Å². The van der Waals surface area contributed by atoms with Crippen LogP contribution in [-0.2, 0) is 16.0 Å². The molecule has 0 bridgehead atoms. The molecule has 1 aliphatic heterocycles. The Kier molecular flexibility index (Phi) is 6.76. The molecule has 0 aromatic heterocycles. The fourth-order valence-corrected chi connectivity index (χ4v) is 2.99. The van der Waals surface area contributed by atoms with Gasteiger partial charge in [0.15, 0.2) is 0 Å². The molecule has 2 rings (SSSR count). The molecule has 5 heteroatoms. The lowest BCUT2D eigenvalue weighted by Crippen LogP contribution is -2.43. The van der Waals surface area contributed by atoms with Crippen molar-refractivity contribution in [2.24, 2.45) is 5.92 Å². The summed E-state index contributed by atoms with van der Waals surface area (Å²) in [5.74, 6) is -0.646. The van der Waals surface area contributed by atoms with Gasteiger partial charge in [-0.15, -0.1) is 0 Å². The average Bonchev–Trinajstić information content (AvgIpc) is 2.98. The Morgan fingerprint density at radius 1 is 1.44 bits per heavy atom. The number of carbonyl (C=O) groups excluding carboxylic acids is 2. The zero-order chi connectivity index (χ0) is 18.2. The van der Waals surface area contributed by atoms with E-state index in [0.29, 0.717) is 19.3 Å². The zero-order valence-corrected chi connectivity index (χ0v) is 14.6. The van der Waals surface area contributed by atoms with Gasteiger partial charge in [0.05, 0.1) is 6.04 Å². The molecule has 1 aromatic rings. The summed E-state index contributed by atoms with van der Waals surface area (Å²) in [7, 11) is 0. The van der Waals surface area contributed by atoms with E-state index in [1.54, 1.807) is 0 Å². The molecule has 1 aromatic carbocycles. The Balaban J connectivity index is 2.14. The van der Waals surface area contributed by atoms with Gasteiger partial charge in [-0.2, -0.15) is 0 Å². The van der Waals surface area contributed by atoms with E-state index in [4.69, 9.17) is 11.3 Å². The van der Waals surface area contributed by atoms with Gasteiger partial charge in [-0.1, -0.05) is 49.4 Å². The van der Waals surface area contributed by atoms with Gasteiger partial charge in [-0.3, -0.25) is 4.79 Å². The first-order valence-corrected chi connectivity index (χ1v) is 8.60. The number of rotatable bonds is 8. The van der Waals surface area contributed by atoms with Crippen LogP contribution < -0.4 is 0 Å². The molecule has 25 heavy (non-hydrogen) atoms. The van der Waals surface area contributed by atoms with E-state index < -0.39 is 12.0 Å². The van der Waals surface area contributed by atoms with Gasteiger partial charge in [0.1, 0.15) is 6.61 Å². The Morgan fingerprint density at radius 3 is 2.80 bits per heavy atom. The smallest absolute Gasteiger partial charge is 0.416 e. The molecule has 5 nitrogen and oxygen atoms in total. The summed E-state index contributed by atoms with van der Waals surface area (Å²) in [5.41, 5.74) is 2.01. The Labute approximate surface area is 149 Å². The molecule has 1 heterocycles. The fourth-order valence-electron chi connectivity index (χ4n) is 2.99. The second-order valence-corrected chi connectivity index (χ2v) is 6.30. The fraction of sp³-hybridized carbons (Fsp3) is 0.450. The van der Waals surface area contributed by atoms with Crippen molar-refractivity contribution in [2.45, 2.75) is 38.6 Å². The lowest BCUT2D eigenvalue weighted by molar-refractivity contribution is -0.133. The number of benzene rings is 1. The zero-order valence-electron chi connectivity index (χ0n) is 14.6. The van der Waals surface area contributed by atoms with Crippen LogP contribution in [0.5, 0.6) is 0 Å². The van der Waals surface area contributed by atoms with Crippen molar-refractivity contribution in [3.8, 4) is 0 Å². The first kappa shape index (κ1) is 18.7. The SMILES string of the molecule is [C-]#[N+]CC[C@H](CC(=C)CC)C(=O)N1C(=O)OC[C@@H]1Cc1ccccc1. The largest absolute Gasteiger partial charge is 0.447 e. The van der Waals surface area contributed by atoms with Crippen LogP contribution in [0.15, 0.2) is 42.5 Å². The molecule has 1 saturated heterocycles. The van der Waals surface area contributed by atoms with E-state index in [-0.39, 0.29) is 25.1 Å². The van der Waals surface area contributed by atoms with Gasteiger partial charge in [0.25, 0.3) is 0 Å². The first-order chi connectivity index (χ1) is 12.1. The maximum atomic E-state index is 13.0. The minimum atomic E-state index is -0.583. The molecule has 0 aliphatic carbocycles. The molecular formula is C20H24N2O3. The van der Waals surface area contributed by atoms with Gasteiger partial charge in [-0.05, 0) is 24.8 Å². The number of cyclic esters (lactones) is 1. The number of carbonyl (C=O) groups is 2. The van der Waals surface area contributed by atoms with Crippen LogP contribution in [0, 0.1) is 12.5 Å². The summed E-state index contributed by atoms with van der Waals surface area (Å²) < 4.78 is 5.14. The molecular weight excluding hydrogens is 316 g/mol. The van der Waals surface area contributed by atoms with E-state index in [0.717, 1.165) is 17.6 Å². The van der Waals surface area contributed by atoms with Crippen molar-refractivity contribution in [3.05, 3.63) is 59.5 Å². The molecule has 0 radical (unpaired) electrons. The molecule has 2 atom stereocenters. The summed E-state index contributed by atoms with van der Waals surface area (Å²) in [4.78, 5) is 29.8. The van der Waals surface area contributed by atoms with Crippen LogP contribution >= 0.6 is 0 Å². The average molecular weight is 340 g/mol. The standard InChI is InChI=1S/C20H24N2O3/c1-4-15(2)12-17(10-11-21-3)19(23)22-18(14-25-20(22)24)13-16-8-6-5-7-9-16/h5-9,17-18H,2,4,10-14H2,1H3/t17-,18+/m1/s1. The predicted octanol–water partition coefficient (Wildman–Crippen LogP) is 3.86. The summed E-state index contributed by atoms with van der Waals surface area (Å²) in [6, 6.07) is 9.44. The minimum absolute atomic E-state index is 0.212. The summed E-state index contributed by atoms with van der Waals surface area (Å²) >= 11 is 0. The highest BCUT2D eigenvalue weighted by atomic mass is 16.6. The van der Waals surface area contributed by atoms with Crippen LogP contribution in [0.1, 0.15) is 31.7 Å². The molecule has 0 N–H and O–H groups in total. The van der Waals surface area contributed by atoms with E-state index in [1.807, 2.05) is 37.3 Å². The van der Waals surface area contributed by atoms with E-state index in [9.17, 15) is 9.59 Å². The van der Waals surface area contributed by atoms with Crippen molar-refractivity contribution in [1.82, 2.24) is 4.90 Å². The highest BCUT2D eigenvalue weighted by Gasteiger charge is 2.40. The number of ether oxygens (including phenoxy) is 1. The number of imide groups is 1. The van der Waals surface area contributed by atoms with Gasteiger partial charge in [-0.25, -0.2) is 16.3 Å². The lowest BCUT2D eigenvalue weighted by atomic mass is 9.93. The van der Waals surface area contributed by atoms with Gasteiger partial charge < -0.3 is 9.58 Å². The lowest BCUT2D eigenvalue weighted by Gasteiger charge is -2.24. The second kappa shape index (κ2) is 9.03. The van der Waals surface area contributed by atoms with Crippen molar-refractivity contribution in [2.75, 3.05) is 13.2 Å². The topological polar surface area (TPSA) is 51.0 Å². The van der Waals surface area contributed by atoms with E-state index in [1.165, 1.54) is 4.90 Å². The molecule has 0 saturated carbocycles. The van der Waals surface area contributed by atoms with E-state index in [2.05, 4.69) is 11.4 Å². The Bertz CT molecular complexity index is 663. The maximum Gasteiger partial charge on any atom is 0.416 e. The third kappa shape index (κ3) is 4.93. The minimum Gasteiger partial charge on any atom is -0.447 e. The molecule has 1 fully saturated rings. The number of nitrogens with zero attached hydrogens (tertiary/aromatic N) is 2. The van der Waals surface area contributed by atoms with Crippen LogP contribution in [0.3, 0.4) is 0 Å². The number of hydrogen-bond donors (Lipinski definition) is 0. The van der Waals surface area contributed by atoms with Crippen molar-refractivity contribution in [3.63, 3.8) is 0 Å². The first-order valence-electron chi connectivity index (χ1n) is 8.60. The summed E-state index contributed by atoms with van der Waals surface area (Å²) in [5, 5.41) is 0. The van der Waals surface area contributed by atoms with Crippen molar-refractivity contribution in [1.29, 1.82) is 0 Å². The van der Waals surface area contributed by atoms with Crippen LogP contribution in [0.2, 0.25) is 0 Å². The molecule has 132 valence electrons. The normalized spacial score (nSPS) is 17.7. The quantitative estimate of drug-likeness (QED) is 0.533. The third-order valence-corrected chi connectivity index (χ3v) is 4.49. The Hall–Kier alpha value is -2.61. The highest BCUT2D eigenvalue weighted by molar-refractivity contribution is 5.95.